The molecule has 1 rings (SSSR count). The van der Waals surface area contributed by atoms with E-state index in [0.29, 0.717) is 11.5 Å². The van der Waals surface area contributed by atoms with Crippen molar-refractivity contribution in [2.45, 2.75) is 6.04 Å². The van der Waals surface area contributed by atoms with E-state index in [1.165, 1.54) is 6.20 Å². The molecule has 72 valence electrons. The average Bonchev–Trinajstić information content (AvgIpc) is 2.17. The van der Waals surface area contributed by atoms with Gasteiger partial charge in [0.2, 0.25) is 0 Å². The van der Waals surface area contributed by atoms with E-state index in [4.69, 9.17) is 15.9 Å². The van der Waals surface area contributed by atoms with E-state index in [0.717, 1.165) is 0 Å². The lowest BCUT2D eigenvalue weighted by atomic mass is 10.3. The molecule has 1 aromatic heterocycles. The molecular weight excluding hydrogens is 170 g/mol. The molecular formula is C8H13N3O2. The second-order valence-corrected chi connectivity index (χ2v) is 2.68. The van der Waals surface area contributed by atoms with Crippen molar-refractivity contribution in [3.8, 4) is 0 Å². The molecule has 1 aromatic rings. The smallest absolute Gasteiger partial charge is 0.126 e. The second-order valence-electron chi connectivity index (χ2n) is 2.68. The van der Waals surface area contributed by atoms with Gasteiger partial charge < -0.3 is 21.3 Å². The van der Waals surface area contributed by atoms with Gasteiger partial charge in [-0.2, -0.15) is 0 Å². The minimum absolute atomic E-state index is 0.136. The number of nitrogen functional groups attached to an aromatic ring is 1. The number of hydrogen-bond acceptors (Lipinski definition) is 5. The first kappa shape index (κ1) is 9.76. The van der Waals surface area contributed by atoms with Gasteiger partial charge in [0.05, 0.1) is 31.1 Å². The van der Waals surface area contributed by atoms with E-state index in [1.807, 2.05) is 0 Å². The van der Waals surface area contributed by atoms with Gasteiger partial charge in [-0.15, -0.1) is 0 Å². The molecule has 1 heterocycles. The van der Waals surface area contributed by atoms with Gasteiger partial charge in [-0.3, -0.25) is 0 Å². The van der Waals surface area contributed by atoms with Crippen LogP contribution in [0.5, 0.6) is 0 Å². The van der Waals surface area contributed by atoms with Gasteiger partial charge in [-0.1, -0.05) is 0 Å². The molecule has 5 heteroatoms. The van der Waals surface area contributed by atoms with Gasteiger partial charge in [0, 0.05) is 0 Å². The zero-order valence-corrected chi connectivity index (χ0v) is 7.14. The lowest BCUT2D eigenvalue weighted by molar-refractivity contribution is 0.203. The van der Waals surface area contributed by atoms with Crippen LogP contribution in [0.4, 0.5) is 11.5 Å². The highest BCUT2D eigenvalue weighted by Crippen LogP contribution is 2.06. The number of aliphatic hydroxyl groups is 2. The number of anilines is 2. The Morgan fingerprint density at radius 2 is 2.08 bits per heavy atom. The number of nitrogens with one attached hydrogen (secondary N) is 1. The molecule has 0 aromatic carbocycles. The van der Waals surface area contributed by atoms with Gasteiger partial charge >= 0.3 is 0 Å². The Morgan fingerprint density at radius 1 is 1.38 bits per heavy atom. The number of pyridine rings is 1. The number of nitrogens with two attached hydrogens (primary N) is 1. The summed E-state index contributed by atoms with van der Waals surface area (Å²) in [7, 11) is 0. The molecule has 0 saturated heterocycles. The third kappa shape index (κ3) is 2.89. The van der Waals surface area contributed by atoms with E-state index < -0.39 is 0 Å². The topological polar surface area (TPSA) is 91.4 Å². The van der Waals surface area contributed by atoms with Gasteiger partial charge in [0.15, 0.2) is 0 Å². The summed E-state index contributed by atoms with van der Waals surface area (Å²) in [5.74, 6) is 0.585. The Kier molecular flexibility index (Phi) is 3.48. The third-order valence-electron chi connectivity index (χ3n) is 1.58. The van der Waals surface area contributed by atoms with Crippen LogP contribution in [0, 0.1) is 0 Å². The summed E-state index contributed by atoms with van der Waals surface area (Å²) < 4.78 is 0. The van der Waals surface area contributed by atoms with Gasteiger partial charge in [-0.25, -0.2) is 4.98 Å². The molecule has 0 saturated carbocycles. The molecule has 0 aliphatic rings. The Balaban J connectivity index is 2.58. The summed E-state index contributed by atoms with van der Waals surface area (Å²) in [6.07, 6.45) is 1.51. The van der Waals surface area contributed by atoms with Crippen molar-refractivity contribution in [3.05, 3.63) is 18.3 Å². The van der Waals surface area contributed by atoms with Crippen LogP contribution in [-0.4, -0.2) is 34.5 Å². The van der Waals surface area contributed by atoms with E-state index in [1.54, 1.807) is 12.1 Å². The second kappa shape index (κ2) is 4.64. The fourth-order valence-electron chi connectivity index (χ4n) is 0.849. The predicted octanol–water partition coefficient (Wildman–Crippen LogP) is -0.571. The fourth-order valence-corrected chi connectivity index (χ4v) is 0.849. The van der Waals surface area contributed by atoms with Gasteiger partial charge in [0.1, 0.15) is 5.82 Å². The first-order valence-corrected chi connectivity index (χ1v) is 3.96. The van der Waals surface area contributed by atoms with E-state index >= 15 is 0 Å². The molecule has 0 radical (unpaired) electrons. The zero-order chi connectivity index (χ0) is 9.68. The highest BCUT2D eigenvalue weighted by Gasteiger charge is 2.04. The maximum Gasteiger partial charge on any atom is 0.126 e. The molecule has 0 aliphatic heterocycles. The minimum atomic E-state index is -0.379. The summed E-state index contributed by atoms with van der Waals surface area (Å²) in [6, 6.07) is 3.01. The Bertz CT molecular complexity index is 246. The number of rotatable bonds is 4. The number of aliphatic hydroxyl groups excluding tert-OH is 2. The quantitative estimate of drug-likeness (QED) is 0.501. The molecule has 0 bridgehead atoms. The number of nitrogens with zero attached hydrogens (tertiary/aromatic N) is 1. The maximum absolute atomic E-state index is 8.77. The lowest BCUT2D eigenvalue weighted by Gasteiger charge is -2.13. The van der Waals surface area contributed by atoms with Crippen molar-refractivity contribution in [2.75, 3.05) is 24.3 Å². The van der Waals surface area contributed by atoms with Crippen LogP contribution >= 0.6 is 0 Å². The van der Waals surface area contributed by atoms with Gasteiger partial charge in [-0.05, 0) is 12.1 Å². The Hall–Kier alpha value is -1.33. The lowest BCUT2D eigenvalue weighted by Crippen LogP contribution is -2.28. The molecule has 13 heavy (non-hydrogen) atoms. The summed E-state index contributed by atoms with van der Waals surface area (Å²) >= 11 is 0. The van der Waals surface area contributed by atoms with Crippen molar-refractivity contribution < 1.29 is 10.2 Å². The fraction of sp³-hybridized carbons (Fsp3) is 0.375. The first-order chi connectivity index (χ1) is 6.26. The molecule has 0 fully saturated rings. The summed E-state index contributed by atoms with van der Waals surface area (Å²) in [5, 5.41) is 20.4. The summed E-state index contributed by atoms with van der Waals surface area (Å²) in [6.45, 7) is -0.273. The monoisotopic (exact) mass is 183 g/mol. The highest BCUT2D eigenvalue weighted by atomic mass is 16.3. The van der Waals surface area contributed by atoms with Gasteiger partial charge in [0.25, 0.3) is 0 Å². The van der Waals surface area contributed by atoms with Crippen molar-refractivity contribution in [1.82, 2.24) is 4.98 Å². The van der Waals surface area contributed by atoms with Crippen LogP contribution in [0.3, 0.4) is 0 Å². The number of aromatic nitrogens is 1. The normalized spacial score (nSPS) is 10.4. The summed E-state index contributed by atoms with van der Waals surface area (Å²) in [5.41, 5.74) is 6.01. The van der Waals surface area contributed by atoms with Crippen molar-refractivity contribution in [2.24, 2.45) is 0 Å². The number of hydrogen-bond donors (Lipinski definition) is 4. The standard InChI is InChI=1S/C8H13N3O2/c9-6-1-2-8(10-3-6)11-7(4-12)5-13/h1-3,7,12-13H,4-5,9H2,(H,10,11). The molecule has 0 amide bonds. The maximum atomic E-state index is 8.77. The zero-order valence-electron chi connectivity index (χ0n) is 7.14. The van der Waals surface area contributed by atoms with Crippen LogP contribution in [0.2, 0.25) is 0 Å². The van der Waals surface area contributed by atoms with Crippen molar-refractivity contribution in [1.29, 1.82) is 0 Å². The van der Waals surface area contributed by atoms with Crippen molar-refractivity contribution >= 4 is 11.5 Å². The summed E-state index contributed by atoms with van der Waals surface area (Å²) in [4.78, 5) is 3.96. The largest absolute Gasteiger partial charge is 0.397 e. The highest BCUT2D eigenvalue weighted by molar-refractivity contribution is 5.44. The average molecular weight is 183 g/mol. The molecule has 0 unspecified atom stereocenters. The van der Waals surface area contributed by atoms with Crippen LogP contribution in [-0.2, 0) is 0 Å². The molecule has 0 spiro atoms. The van der Waals surface area contributed by atoms with Crippen LogP contribution in [0.1, 0.15) is 0 Å². The Labute approximate surface area is 76.2 Å². The molecule has 0 atom stereocenters. The van der Waals surface area contributed by atoms with Crippen LogP contribution in [0.25, 0.3) is 0 Å². The first-order valence-electron chi connectivity index (χ1n) is 3.96. The molecule has 5 N–H and O–H groups in total. The van der Waals surface area contributed by atoms with Crippen molar-refractivity contribution in [3.63, 3.8) is 0 Å². The van der Waals surface area contributed by atoms with E-state index in [9.17, 15) is 0 Å². The van der Waals surface area contributed by atoms with Crippen LogP contribution in [0.15, 0.2) is 18.3 Å². The minimum Gasteiger partial charge on any atom is -0.397 e. The SMILES string of the molecule is Nc1ccc(NC(CO)CO)nc1. The van der Waals surface area contributed by atoms with E-state index in [2.05, 4.69) is 10.3 Å². The third-order valence-corrected chi connectivity index (χ3v) is 1.58. The predicted molar refractivity (Wildman–Crippen MR) is 50.2 cm³/mol. The Morgan fingerprint density at radius 3 is 2.54 bits per heavy atom. The molecule has 5 nitrogen and oxygen atoms in total. The van der Waals surface area contributed by atoms with E-state index in [-0.39, 0.29) is 19.3 Å². The van der Waals surface area contributed by atoms with Crippen LogP contribution < -0.4 is 11.1 Å². The molecule has 0 aliphatic carbocycles.